The number of hydrogen-bond acceptors (Lipinski definition) is 6. The Morgan fingerprint density at radius 3 is 2.71 bits per heavy atom. The predicted molar refractivity (Wildman–Crippen MR) is 136 cm³/mol. The van der Waals surface area contributed by atoms with E-state index in [1.165, 1.54) is 11.8 Å². The number of carbonyl (C=O) groups excluding carboxylic acids is 1. The molecule has 1 amide bonds. The van der Waals surface area contributed by atoms with Crippen LogP contribution in [0.3, 0.4) is 0 Å². The number of furan rings is 1. The first kappa shape index (κ1) is 22.7. The summed E-state index contributed by atoms with van der Waals surface area (Å²) in [4.78, 5) is 12.9. The van der Waals surface area contributed by atoms with Crippen LogP contribution in [0.5, 0.6) is 0 Å². The standard InChI is InChI=1S/C26H24N6O2S/c1-18-10-11-19(2)22(13-18)23-14-24(32(30-23)20-7-4-3-5-8-20)28-25(33)16-35-26-29-27-17-31(26)15-21-9-6-12-34-21/h3-14,17H,15-16H2,1-2H3,(H,28,33). The molecule has 0 aliphatic rings. The monoisotopic (exact) mass is 484 g/mol. The van der Waals surface area contributed by atoms with Gasteiger partial charge < -0.3 is 14.3 Å². The minimum Gasteiger partial charge on any atom is -0.467 e. The Morgan fingerprint density at radius 2 is 1.91 bits per heavy atom. The number of amides is 1. The average Bonchev–Trinajstić information content (AvgIpc) is 3.62. The van der Waals surface area contributed by atoms with E-state index in [4.69, 9.17) is 9.52 Å². The number of carbonyl (C=O) groups is 1. The SMILES string of the molecule is Cc1ccc(C)c(-c2cc(NC(=O)CSc3nncn3Cc3ccco3)n(-c3ccccc3)n2)c1. The molecule has 9 heteroatoms. The first-order chi connectivity index (χ1) is 17.1. The van der Waals surface area contributed by atoms with Gasteiger partial charge in [-0.25, -0.2) is 4.68 Å². The van der Waals surface area contributed by atoms with Crippen LogP contribution in [0.2, 0.25) is 0 Å². The number of aryl methyl sites for hydroxylation is 2. The Hall–Kier alpha value is -4.11. The van der Waals surface area contributed by atoms with Crippen molar-refractivity contribution in [2.45, 2.75) is 25.5 Å². The minimum atomic E-state index is -0.160. The van der Waals surface area contributed by atoms with Crippen molar-refractivity contribution in [3.05, 3.63) is 96.2 Å². The van der Waals surface area contributed by atoms with Crippen LogP contribution in [0.15, 0.2) is 88.9 Å². The Labute approximate surface area is 207 Å². The molecule has 0 bridgehead atoms. The van der Waals surface area contributed by atoms with Crippen LogP contribution in [0.4, 0.5) is 5.82 Å². The van der Waals surface area contributed by atoms with Crippen LogP contribution in [0.25, 0.3) is 16.9 Å². The first-order valence-electron chi connectivity index (χ1n) is 11.1. The predicted octanol–water partition coefficient (Wildman–Crippen LogP) is 5.12. The smallest absolute Gasteiger partial charge is 0.236 e. The van der Waals surface area contributed by atoms with E-state index in [9.17, 15) is 4.79 Å². The Balaban J connectivity index is 1.36. The Morgan fingerprint density at radius 1 is 1.06 bits per heavy atom. The highest BCUT2D eigenvalue weighted by atomic mass is 32.2. The highest BCUT2D eigenvalue weighted by molar-refractivity contribution is 7.99. The first-order valence-corrected chi connectivity index (χ1v) is 12.1. The summed E-state index contributed by atoms with van der Waals surface area (Å²) in [5, 5.41) is 16.6. The van der Waals surface area contributed by atoms with E-state index in [1.54, 1.807) is 17.3 Å². The van der Waals surface area contributed by atoms with Crippen molar-refractivity contribution in [1.82, 2.24) is 24.5 Å². The Kier molecular flexibility index (Phi) is 6.49. The number of para-hydroxylation sites is 1. The molecule has 3 aromatic heterocycles. The summed E-state index contributed by atoms with van der Waals surface area (Å²) in [5.74, 6) is 1.42. The van der Waals surface area contributed by atoms with Crippen molar-refractivity contribution >= 4 is 23.5 Å². The minimum absolute atomic E-state index is 0.160. The second-order valence-electron chi connectivity index (χ2n) is 8.14. The summed E-state index contributed by atoms with van der Waals surface area (Å²) in [6.07, 6.45) is 3.26. The number of aromatic nitrogens is 5. The largest absolute Gasteiger partial charge is 0.467 e. The summed E-state index contributed by atoms with van der Waals surface area (Å²) in [6, 6.07) is 21.7. The van der Waals surface area contributed by atoms with E-state index in [1.807, 2.05) is 53.1 Å². The molecule has 3 heterocycles. The lowest BCUT2D eigenvalue weighted by molar-refractivity contribution is -0.113. The van der Waals surface area contributed by atoms with Crippen LogP contribution in [0.1, 0.15) is 16.9 Å². The molecule has 8 nitrogen and oxygen atoms in total. The molecule has 0 radical (unpaired) electrons. The van der Waals surface area contributed by atoms with Gasteiger partial charge in [0.2, 0.25) is 5.91 Å². The zero-order valence-electron chi connectivity index (χ0n) is 19.4. The van der Waals surface area contributed by atoms with Crippen LogP contribution < -0.4 is 5.32 Å². The summed E-state index contributed by atoms with van der Waals surface area (Å²) in [7, 11) is 0. The molecule has 0 aliphatic heterocycles. The number of anilines is 1. The molecule has 0 unspecified atom stereocenters. The van der Waals surface area contributed by atoms with Gasteiger partial charge in [0.15, 0.2) is 5.16 Å². The normalized spacial score (nSPS) is 11.0. The van der Waals surface area contributed by atoms with Crippen LogP contribution >= 0.6 is 11.8 Å². The van der Waals surface area contributed by atoms with E-state index in [2.05, 4.69) is 47.6 Å². The maximum atomic E-state index is 12.9. The van der Waals surface area contributed by atoms with Crippen LogP contribution in [-0.4, -0.2) is 36.2 Å². The third-order valence-corrected chi connectivity index (χ3v) is 6.45. The summed E-state index contributed by atoms with van der Waals surface area (Å²) < 4.78 is 9.02. The highest BCUT2D eigenvalue weighted by Crippen LogP contribution is 2.28. The zero-order valence-corrected chi connectivity index (χ0v) is 20.2. The third kappa shape index (κ3) is 5.20. The fraction of sp³-hybridized carbons (Fsp3) is 0.154. The summed E-state index contributed by atoms with van der Waals surface area (Å²) in [5.41, 5.74) is 4.98. The molecule has 0 fully saturated rings. The second kappa shape index (κ2) is 10.0. The number of benzene rings is 2. The molecule has 0 spiro atoms. The average molecular weight is 485 g/mol. The topological polar surface area (TPSA) is 90.8 Å². The summed E-state index contributed by atoms with van der Waals surface area (Å²) in [6.45, 7) is 4.62. The van der Waals surface area contributed by atoms with Gasteiger partial charge in [0.05, 0.1) is 29.9 Å². The van der Waals surface area contributed by atoms with E-state index in [0.717, 1.165) is 33.8 Å². The molecule has 1 N–H and O–H groups in total. The lowest BCUT2D eigenvalue weighted by Gasteiger charge is -2.09. The lowest BCUT2D eigenvalue weighted by Crippen LogP contribution is -2.17. The van der Waals surface area contributed by atoms with E-state index in [0.29, 0.717) is 17.5 Å². The molecular formula is C26H24N6O2S. The molecular weight excluding hydrogens is 460 g/mol. The number of thioether (sulfide) groups is 1. The molecule has 0 aliphatic carbocycles. The van der Waals surface area contributed by atoms with Gasteiger partial charge in [0.25, 0.3) is 0 Å². The van der Waals surface area contributed by atoms with Gasteiger partial charge >= 0.3 is 0 Å². The molecule has 0 saturated carbocycles. The zero-order chi connectivity index (χ0) is 24.2. The Bertz CT molecular complexity index is 1440. The third-order valence-electron chi connectivity index (χ3n) is 5.47. The maximum absolute atomic E-state index is 12.9. The molecule has 2 aromatic carbocycles. The van der Waals surface area contributed by atoms with Crippen molar-refractivity contribution in [1.29, 1.82) is 0 Å². The fourth-order valence-electron chi connectivity index (χ4n) is 3.72. The summed E-state index contributed by atoms with van der Waals surface area (Å²) >= 11 is 1.32. The van der Waals surface area contributed by atoms with E-state index >= 15 is 0 Å². The molecule has 5 rings (SSSR count). The van der Waals surface area contributed by atoms with Gasteiger partial charge in [0, 0.05) is 11.6 Å². The van der Waals surface area contributed by atoms with Crippen molar-refractivity contribution in [2.24, 2.45) is 0 Å². The fourth-order valence-corrected chi connectivity index (χ4v) is 4.44. The van der Waals surface area contributed by atoms with Gasteiger partial charge in [-0.05, 0) is 49.7 Å². The van der Waals surface area contributed by atoms with Crippen molar-refractivity contribution < 1.29 is 9.21 Å². The van der Waals surface area contributed by atoms with Gasteiger partial charge in [-0.3, -0.25) is 4.79 Å². The van der Waals surface area contributed by atoms with Crippen LogP contribution in [-0.2, 0) is 11.3 Å². The number of nitrogens with one attached hydrogen (secondary N) is 1. The van der Waals surface area contributed by atoms with E-state index < -0.39 is 0 Å². The number of hydrogen-bond donors (Lipinski definition) is 1. The van der Waals surface area contributed by atoms with Gasteiger partial charge in [-0.15, -0.1) is 10.2 Å². The molecule has 0 atom stereocenters. The second-order valence-corrected chi connectivity index (χ2v) is 9.08. The van der Waals surface area contributed by atoms with E-state index in [-0.39, 0.29) is 11.7 Å². The van der Waals surface area contributed by atoms with Gasteiger partial charge in [-0.1, -0.05) is 47.7 Å². The molecule has 5 aromatic rings. The van der Waals surface area contributed by atoms with Crippen molar-refractivity contribution in [2.75, 3.05) is 11.1 Å². The highest BCUT2D eigenvalue weighted by Gasteiger charge is 2.16. The molecule has 0 saturated heterocycles. The van der Waals surface area contributed by atoms with Gasteiger partial charge in [0.1, 0.15) is 17.9 Å². The molecule has 35 heavy (non-hydrogen) atoms. The lowest BCUT2D eigenvalue weighted by atomic mass is 10.0. The number of nitrogens with zero attached hydrogens (tertiary/aromatic N) is 5. The quantitative estimate of drug-likeness (QED) is 0.308. The van der Waals surface area contributed by atoms with Crippen molar-refractivity contribution in [3.8, 4) is 16.9 Å². The number of rotatable bonds is 8. The van der Waals surface area contributed by atoms with Crippen LogP contribution in [0, 0.1) is 13.8 Å². The van der Waals surface area contributed by atoms with Crippen molar-refractivity contribution in [3.63, 3.8) is 0 Å². The molecule has 176 valence electrons. The maximum Gasteiger partial charge on any atom is 0.236 e. The van der Waals surface area contributed by atoms with Gasteiger partial charge in [-0.2, -0.15) is 5.10 Å².